The fraction of sp³-hybridized carbons (Fsp3) is 0.333. The fourth-order valence-electron chi connectivity index (χ4n) is 2.07. The second-order valence-electron chi connectivity index (χ2n) is 4.97. The van der Waals surface area contributed by atoms with Gasteiger partial charge in [0.15, 0.2) is 0 Å². The van der Waals surface area contributed by atoms with Gasteiger partial charge in [-0.3, -0.25) is 4.79 Å². The Labute approximate surface area is 112 Å². The summed E-state index contributed by atoms with van der Waals surface area (Å²) in [5, 5.41) is 8.93. The van der Waals surface area contributed by atoms with Gasteiger partial charge in [0.2, 0.25) is 0 Å². The summed E-state index contributed by atoms with van der Waals surface area (Å²) in [6.07, 6.45) is 0.419. The zero-order valence-electron chi connectivity index (χ0n) is 11.4. The number of aromatic amines is 1. The third-order valence-electron chi connectivity index (χ3n) is 3.15. The second-order valence-corrected chi connectivity index (χ2v) is 4.97. The summed E-state index contributed by atoms with van der Waals surface area (Å²) in [4.78, 5) is 18.6. The van der Waals surface area contributed by atoms with Crippen LogP contribution in [0, 0.1) is 19.8 Å². The first-order chi connectivity index (χ1) is 8.97. The van der Waals surface area contributed by atoms with Crippen LogP contribution in [0.3, 0.4) is 0 Å². The number of aromatic nitrogens is 2. The molecule has 1 unspecified atom stereocenters. The van der Waals surface area contributed by atoms with Gasteiger partial charge in [-0.15, -0.1) is 0 Å². The number of imidazole rings is 1. The van der Waals surface area contributed by atoms with Crippen molar-refractivity contribution >= 4 is 5.97 Å². The molecule has 2 N–H and O–H groups in total. The number of benzene rings is 1. The van der Waals surface area contributed by atoms with Crippen LogP contribution in [0.4, 0.5) is 0 Å². The Morgan fingerprint density at radius 3 is 2.79 bits per heavy atom. The van der Waals surface area contributed by atoms with Crippen molar-refractivity contribution in [2.75, 3.05) is 0 Å². The lowest BCUT2D eigenvalue weighted by Gasteiger charge is -2.02. The Balaban J connectivity index is 2.29. The third-order valence-corrected chi connectivity index (χ3v) is 3.15. The summed E-state index contributed by atoms with van der Waals surface area (Å²) in [5.74, 6) is -0.508. The van der Waals surface area contributed by atoms with Gasteiger partial charge < -0.3 is 10.1 Å². The summed E-state index contributed by atoms with van der Waals surface area (Å²) in [7, 11) is 0. The van der Waals surface area contributed by atoms with Crippen molar-refractivity contribution in [2.24, 2.45) is 5.92 Å². The van der Waals surface area contributed by atoms with Crippen molar-refractivity contribution in [3.63, 3.8) is 0 Å². The lowest BCUT2D eigenvalue weighted by atomic mass is 10.1. The van der Waals surface area contributed by atoms with Crippen LogP contribution >= 0.6 is 0 Å². The molecule has 1 atom stereocenters. The van der Waals surface area contributed by atoms with Crippen molar-refractivity contribution in [2.45, 2.75) is 27.2 Å². The van der Waals surface area contributed by atoms with Crippen molar-refractivity contribution in [1.82, 2.24) is 9.97 Å². The van der Waals surface area contributed by atoms with Crippen molar-refractivity contribution < 1.29 is 9.90 Å². The molecule has 1 aromatic carbocycles. The van der Waals surface area contributed by atoms with Crippen LogP contribution in [-0.2, 0) is 11.2 Å². The molecular weight excluding hydrogens is 240 g/mol. The fourth-order valence-corrected chi connectivity index (χ4v) is 2.07. The molecule has 100 valence electrons. The molecule has 0 amide bonds. The molecule has 0 aliphatic rings. The normalized spacial score (nSPS) is 12.4. The van der Waals surface area contributed by atoms with Gasteiger partial charge in [-0.25, -0.2) is 4.98 Å². The molecule has 19 heavy (non-hydrogen) atoms. The van der Waals surface area contributed by atoms with Crippen LogP contribution in [0.2, 0.25) is 0 Å². The SMILES string of the molecule is Cc1cccc(-c2nc(CC(C)C(=O)O)[nH]c2C)c1. The van der Waals surface area contributed by atoms with Crippen molar-refractivity contribution in [1.29, 1.82) is 0 Å². The average molecular weight is 258 g/mol. The highest BCUT2D eigenvalue weighted by atomic mass is 16.4. The zero-order valence-corrected chi connectivity index (χ0v) is 11.4. The number of carbonyl (C=O) groups is 1. The van der Waals surface area contributed by atoms with Gasteiger partial charge in [-0.1, -0.05) is 30.7 Å². The Kier molecular flexibility index (Phi) is 3.69. The standard InChI is InChI=1S/C15H18N2O2/c1-9-5-4-6-12(7-9)14-11(3)16-13(17-14)8-10(2)15(18)19/h4-7,10H,8H2,1-3H3,(H,16,17)(H,18,19). The molecule has 0 radical (unpaired) electrons. The molecular formula is C15H18N2O2. The number of carboxylic acid groups (broad SMARTS) is 1. The van der Waals surface area contributed by atoms with Crippen molar-refractivity contribution in [3.8, 4) is 11.3 Å². The summed E-state index contributed by atoms with van der Waals surface area (Å²) in [6.45, 7) is 5.69. The third kappa shape index (κ3) is 3.02. The van der Waals surface area contributed by atoms with Gasteiger partial charge >= 0.3 is 5.97 Å². The van der Waals surface area contributed by atoms with Gasteiger partial charge in [0, 0.05) is 17.7 Å². The molecule has 2 rings (SSSR count). The van der Waals surface area contributed by atoms with Crippen LogP contribution in [0.5, 0.6) is 0 Å². The summed E-state index contributed by atoms with van der Waals surface area (Å²) in [5.41, 5.74) is 4.11. The highest BCUT2D eigenvalue weighted by Crippen LogP contribution is 2.22. The van der Waals surface area contributed by atoms with Crippen LogP contribution < -0.4 is 0 Å². The molecule has 2 aromatic rings. The number of nitrogens with zero attached hydrogens (tertiary/aromatic N) is 1. The number of nitrogens with one attached hydrogen (secondary N) is 1. The second kappa shape index (κ2) is 5.26. The lowest BCUT2D eigenvalue weighted by Crippen LogP contribution is -2.13. The van der Waals surface area contributed by atoms with E-state index in [9.17, 15) is 4.79 Å². The number of aliphatic carboxylic acids is 1. The van der Waals surface area contributed by atoms with Crippen LogP contribution in [-0.4, -0.2) is 21.0 Å². The molecule has 1 heterocycles. The van der Waals surface area contributed by atoms with E-state index in [1.165, 1.54) is 5.56 Å². The molecule has 0 aliphatic heterocycles. The maximum absolute atomic E-state index is 10.9. The monoisotopic (exact) mass is 258 g/mol. The minimum atomic E-state index is -0.800. The molecule has 0 saturated heterocycles. The van der Waals surface area contributed by atoms with Crippen LogP contribution in [0.15, 0.2) is 24.3 Å². The first-order valence-corrected chi connectivity index (χ1v) is 6.32. The molecule has 4 nitrogen and oxygen atoms in total. The summed E-state index contributed by atoms with van der Waals surface area (Å²) < 4.78 is 0. The Morgan fingerprint density at radius 1 is 1.42 bits per heavy atom. The topological polar surface area (TPSA) is 66.0 Å². The quantitative estimate of drug-likeness (QED) is 0.886. The van der Waals surface area contributed by atoms with E-state index in [1.54, 1.807) is 6.92 Å². The predicted molar refractivity (Wildman–Crippen MR) is 74.0 cm³/mol. The average Bonchev–Trinajstić information content (AvgIpc) is 2.70. The number of aryl methyl sites for hydroxylation is 2. The van der Waals surface area contributed by atoms with Crippen molar-refractivity contribution in [3.05, 3.63) is 41.3 Å². The smallest absolute Gasteiger partial charge is 0.306 e. The maximum Gasteiger partial charge on any atom is 0.306 e. The zero-order chi connectivity index (χ0) is 14.0. The summed E-state index contributed by atoms with van der Waals surface area (Å²) in [6, 6.07) is 8.13. The number of carboxylic acids is 1. The largest absolute Gasteiger partial charge is 0.481 e. The van der Waals surface area contributed by atoms with Crippen LogP contribution in [0.25, 0.3) is 11.3 Å². The molecule has 0 saturated carbocycles. The molecule has 0 spiro atoms. The minimum absolute atomic E-state index is 0.419. The number of hydrogen-bond donors (Lipinski definition) is 2. The first kappa shape index (κ1) is 13.3. The van der Waals surface area contributed by atoms with E-state index in [1.807, 2.05) is 32.0 Å². The minimum Gasteiger partial charge on any atom is -0.481 e. The van der Waals surface area contributed by atoms with Crippen LogP contribution in [0.1, 0.15) is 24.0 Å². The highest BCUT2D eigenvalue weighted by Gasteiger charge is 2.16. The van der Waals surface area contributed by atoms with E-state index in [-0.39, 0.29) is 0 Å². The van der Waals surface area contributed by atoms with Gasteiger partial charge in [0.1, 0.15) is 5.82 Å². The van der Waals surface area contributed by atoms with E-state index in [2.05, 4.69) is 16.0 Å². The molecule has 0 fully saturated rings. The van der Waals surface area contributed by atoms with E-state index >= 15 is 0 Å². The van der Waals surface area contributed by atoms with Gasteiger partial charge in [-0.05, 0) is 19.9 Å². The molecule has 0 bridgehead atoms. The number of hydrogen-bond acceptors (Lipinski definition) is 2. The molecule has 0 aliphatic carbocycles. The highest BCUT2D eigenvalue weighted by molar-refractivity contribution is 5.70. The van der Waals surface area contributed by atoms with E-state index < -0.39 is 11.9 Å². The van der Waals surface area contributed by atoms with E-state index in [0.717, 1.165) is 22.8 Å². The van der Waals surface area contributed by atoms with E-state index in [0.29, 0.717) is 6.42 Å². The van der Waals surface area contributed by atoms with Gasteiger partial charge in [-0.2, -0.15) is 0 Å². The Morgan fingerprint density at radius 2 is 2.16 bits per heavy atom. The number of rotatable bonds is 4. The Hall–Kier alpha value is -2.10. The van der Waals surface area contributed by atoms with E-state index in [4.69, 9.17) is 5.11 Å². The predicted octanol–water partition coefficient (Wildman–Crippen LogP) is 2.96. The van der Waals surface area contributed by atoms with Gasteiger partial charge in [0.05, 0.1) is 11.6 Å². The summed E-state index contributed by atoms with van der Waals surface area (Å²) >= 11 is 0. The molecule has 1 aromatic heterocycles. The Bertz CT molecular complexity index is 602. The number of H-pyrrole nitrogens is 1. The lowest BCUT2D eigenvalue weighted by molar-refractivity contribution is -0.141. The first-order valence-electron chi connectivity index (χ1n) is 6.32. The molecule has 4 heteroatoms. The van der Waals surface area contributed by atoms with Gasteiger partial charge in [0.25, 0.3) is 0 Å². The maximum atomic E-state index is 10.9.